The topological polar surface area (TPSA) is 37.3 Å². The van der Waals surface area contributed by atoms with Crippen LogP contribution in [0.4, 0.5) is 0 Å². The molecule has 0 radical (unpaired) electrons. The first kappa shape index (κ1) is 14.9. The SMILES string of the molecule is C=CC[C@@H]1C=CC(=O)/C1=C/C[C@@H](O)CCCCC. The molecular weight excluding hydrogens is 224 g/mol. The molecule has 1 aliphatic carbocycles. The Bertz CT molecular complexity index is 339. The molecule has 0 spiro atoms. The van der Waals surface area contributed by atoms with Crippen molar-refractivity contribution in [1.29, 1.82) is 0 Å². The van der Waals surface area contributed by atoms with Crippen molar-refractivity contribution >= 4 is 5.78 Å². The van der Waals surface area contributed by atoms with Crippen LogP contribution >= 0.6 is 0 Å². The van der Waals surface area contributed by atoms with Gasteiger partial charge in [0.25, 0.3) is 0 Å². The highest BCUT2D eigenvalue weighted by atomic mass is 16.3. The minimum atomic E-state index is -0.318. The van der Waals surface area contributed by atoms with E-state index in [0.717, 1.165) is 37.7 Å². The van der Waals surface area contributed by atoms with Gasteiger partial charge in [-0.2, -0.15) is 0 Å². The third-order valence-electron chi connectivity index (χ3n) is 3.34. The Balaban J connectivity index is 2.44. The fraction of sp³-hybridized carbons (Fsp3) is 0.562. The van der Waals surface area contributed by atoms with Crippen molar-refractivity contribution in [2.75, 3.05) is 0 Å². The van der Waals surface area contributed by atoms with Crippen molar-refractivity contribution in [1.82, 2.24) is 0 Å². The lowest BCUT2D eigenvalue weighted by Crippen LogP contribution is -2.08. The highest BCUT2D eigenvalue weighted by Gasteiger charge is 2.21. The van der Waals surface area contributed by atoms with Crippen LogP contribution < -0.4 is 0 Å². The monoisotopic (exact) mass is 248 g/mol. The van der Waals surface area contributed by atoms with Gasteiger partial charge in [0.15, 0.2) is 5.78 Å². The fourth-order valence-electron chi connectivity index (χ4n) is 2.23. The normalized spacial score (nSPS) is 22.7. The summed E-state index contributed by atoms with van der Waals surface area (Å²) in [6.07, 6.45) is 12.6. The summed E-state index contributed by atoms with van der Waals surface area (Å²) in [6, 6.07) is 0. The minimum Gasteiger partial charge on any atom is -0.393 e. The number of hydrogen-bond acceptors (Lipinski definition) is 2. The van der Waals surface area contributed by atoms with Crippen LogP contribution in [0.2, 0.25) is 0 Å². The largest absolute Gasteiger partial charge is 0.393 e. The molecule has 0 amide bonds. The van der Waals surface area contributed by atoms with Crippen molar-refractivity contribution in [3.05, 3.63) is 36.5 Å². The molecule has 0 fully saturated rings. The third-order valence-corrected chi connectivity index (χ3v) is 3.34. The summed E-state index contributed by atoms with van der Waals surface area (Å²) in [5.74, 6) is 0.250. The zero-order valence-electron chi connectivity index (χ0n) is 11.3. The molecular formula is C16H24O2. The van der Waals surface area contributed by atoms with Gasteiger partial charge >= 0.3 is 0 Å². The molecule has 0 heterocycles. The summed E-state index contributed by atoms with van der Waals surface area (Å²) < 4.78 is 0. The summed E-state index contributed by atoms with van der Waals surface area (Å²) in [6.45, 7) is 5.86. The smallest absolute Gasteiger partial charge is 0.181 e. The number of hydrogen-bond donors (Lipinski definition) is 1. The lowest BCUT2D eigenvalue weighted by Gasteiger charge is -2.10. The Labute approximate surface area is 110 Å². The summed E-state index contributed by atoms with van der Waals surface area (Å²) >= 11 is 0. The second-order valence-electron chi connectivity index (χ2n) is 4.90. The van der Waals surface area contributed by atoms with Crippen molar-refractivity contribution < 1.29 is 9.90 Å². The van der Waals surface area contributed by atoms with E-state index in [-0.39, 0.29) is 17.8 Å². The predicted octanol–water partition coefficient (Wildman–Crippen LogP) is 3.58. The summed E-state index contributed by atoms with van der Waals surface area (Å²) in [5.41, 5.74) is 0.824. The highest BCUT2D eigenvalue weighted by Crippen LogP contribution is 2.25. The van der Waals surface area contributed by atoms with Gasteiger partial charge in [-0.1, -0.05) is 44.4 Å². The van der Waals surface area contributed by atoms with E-state index >= 15 is 0 Å². The van der Waals surface area contributed by atoms with Crippen LogP contribution in [0.1, 0.15) is 45.4 Å². The molecule has 2 heteroatoms. The Morgan fingerprint density at radius 3 is 2.94 bits per heavy atom. The lowest BCUT2D eigenvalue weighted by molar-refractivity contribution is -0.111. The van der Waals surface area contributed by atoms with Crippen LogP contribution in [-0.4, -0.2) is 17.0 Å². The maximum atomic E-state index is 11.7. The Hall–Kier alpha value is -1.15. The number of aliphatic hydroxyl groups is 1. The molecule has 2 nitrogen and oxygen atoms in total. The van der Waals surface area contributed by atoms with E-state index in [2.05, 4.69) is 13.5 Å². The summed E-state index contributed by atoms with van der Waals surface area (Å²) in [5, 5.41) is 9.84. The minimum absolute atomic E-state index is 0.0857. The molecule has 0 unspecified atom stereocenters. The van der Waals surface area contributed by atoms with Crippen molar-refractivity contribution in [2.24, 2.45) is 5.92 Å². The van der Waals surface area contributed by atoms with Crippen LogP contribution in [0.25, 0.3) is 0 Å². The Morgan fingerprint density at radius 1 is 1.50 bits per heavy atom. The maximum Gasteiger partial charge on any atom is 0.181 e. The first-order valence-electron chi connectivity index (χ1n) is 6.90. The molecule has 0 aromatic rings. The average Bonchev–Trinajstić information content (AvgIpc) is 2.69. The molecule has 0 saturated heterocycles. The van der Waals surface area contributed by atoms with E-state index in [4.69, 9.17) is 0 Å². The zero-order chi connectivity index (χ0) is 13.4. The average molecular weight is 248 g/mol. The molecule has 2 atom stereocenters. The van der Waals surface area contributed by atoms with E-state index < -0.39 is 0 Å². The molecule has 18 heavy (non-hydrogen) atoms. The van der Waals surface area contributed by atoms with E-state index in [1.54, 1.807) is 6.08 Å². The number of carbonyl (C=O) groups excluding carboxylic acids is 1. The van der Waals surface area contributed by atoms with E-state index in [1.807, 2.05) is 18.2 Å². The molecule has 1 aliphatic rings. The molecule has 0 aliphatic heterocycles. The molecule has 0 bridgehead atoms. The molecule has 0 aromatic carbocycles. The second kappa shape index (κ2) is 8.04. The number of rotatable bonds is 8. The number of carbonyl (C=O) groups is 1. The van der Waals surface area contributed by atoms with Crippen LogP contribution in [0, 0.1) is 5.92 Å². The van der Waals surface area contributed by atoms with E-state index in [1.165, 1.54) is 0 Å². The van der Waals surface area contributed by atoms with Crippen LogP contribution in [0.15, 0.2) is 36.5 Å². The Morgan fingerprint density at radius 2 is 2.28 bits per heavy atom. The molecule has 0 saturated carbocycles. The van der Waals surface area contributed by atoms with Gasteiger partial charge in [0.2, 0.25) is 0 Å². The summed E-state index contributed by atoms with van der Waals surface area (Å²) in [4.78, 5) is 11.7. The highest BCUT2D eigenvalue weighted by molar-refractivity contribution is 6.07. The quantitative estimate of drug-likeness (QED) is 0.405. The van der Waals surface area contributed by atoms with Crippen molar-refractivity contribution in [2.45, 2.75) is 51.6 Å². The predicted molar refractivity (Wildman–Crippen MR) is 75.3 cm³/mol. The molecule has 1 rings (SSSR count). The van der Waals surface area contributed by atoms with Crippen LogP contribution in [-0.2, 0) is 4.79 Å². The number of allylic oxidation sites excluding steroid dienone is 4. The van der Waals surface area contributed by atoms with Gasteiger partial charge < -0.3 is 5.11 Å². The van der Waals surface area contributed by atoms with E-state index in [0.29, 0.717) is 6.42 Å². The molecule has 0 aromatic heterocycles. The van der Waals surface area contributed by atoms with Gasteiger partial charge in [-0.05, 0) is 25.3 Å². The maximum absolute atomic E-state index is 11.7. The molecule has 100 valence electrons. The summed E-state index contributed by atoms with van der Waals surface area (Å²) in [7, 11) is 0. The number of aliphatic hydroxyl groups excluding tert-OH is 1. The second-order valence-corrected chi connectivity index (χ2v) is 4.90. The first-order chi connectivity index (χ1) is 8.69. The van der Waals surface area contributed by atoms with Gasteiger partial charge in [-0.25, -0.2) is 0 Å². The van der Waals surface area contributed by atoms with Gasteiger partial charge in [0, 0.05) is 11.5 Å². The Kier molecular flexibility index (Phi) is 6.66. The lowest BCUT2D eigenvalue weighted by atomic mass is 9.96. The van der Waals surface area contributed by atoms with Crippen LogP contribution in [0.5, 0.6) is 0 Å². The van der Waals surface area contributed by atoms with Crippen LogP contribution in [0.3, 0.4) is 0 Å². The number of ketones is 1. The van der Waals surface area contributed by atoms with Crippen molar-refractivity contribution in [3.63, 3.8) is 0 Å². The standard InChI is InChI=1S/C16H24O2/c1-3-5-6-8-14(17)10-11-15-13(7-4-2)9-12-16(15)18/h4,9,11-14,17H,2-3,5-8,10H2,1H3/b15-11+/t13-,14+/m1/s1. The fourth-order valence-corrected chi connectivity index (χ4v) is 2.23. The molecule has 1 N–H and O–H groups in total. The third kappa shape index (κ3) is 4.61. The van der Waals surface area contributed by atoms with Crippen molar-refractivity contribution in [3.8, 4) is 0 Å². The zero-order valence-corrected chi connectivity index (χ0v) is 11.3. The van der Waals surface area contributed by atoms with E-state index in [9.17, 15) is 9.90 Å². The number of unbranched alkanes of at least 4 members (excludes halogenated alkanes) is 2. The van der Waals surface area contributed by atoms with Gasteiger partial charge in [0.05, 0.1) is 6.10 Å². The van der Waals surface area contributed by atoms with Gasteiger partial charge in [-0.3, -0.25) is 4.79 Å². The first-order valence-corrected chi connectivity index (χ1v) is 6.90. The van der Waals surface area contributed by atoms with Gasteiger partial charge in [-0.15, -0.1) is 6.58 Å². The van der Waals surface area contributed by atoms with Gasteiger partial charge in [0.1, 0.15) is 0 Å².